The summed E-state index contributed by atoms with van der Waals surface area (Å²) >= 11 is 0. The quantitative estimate of drug-likeness (QED) is 0.574. The fourth-order valence-electron chi connectivity index (χ4n) is 1.50. The van der Waals surface area contributed by atoms with Crippen LogP contribution in [0.1, 0.15) is 6.42 Å². The minimum Gasteiger partial charge on any atom is -0.320 e. The minimum atomic E-state index is -3.82. The minimum absolute atomic E-state index is 0. The summed E-state index contributed by atoms with van der Waals surface area (Å²) in [5, 5.41) is 2.87. The smallest absolute Gasteiger partial charge is 0.240 e. The van der Waals surface area contributed by atoms with E-state index in [4.69, 9.17) is 0 Å². The van der Waals surface area contributed by atoms with Crippen LogP contribution in [0.5, 0.6) is 0 Å². The standard InChI is InChI=1S/C11H18FN3O4S2.ClH/c1-13-6-3-7-14-21(18,19)9-4-5-11(10(12)8-9)15-20(2,16)17;/h4-5,8,13-15H,3,6-7H2,1-2H3;1H. The first kappa shape index (κ1) is 21.1. The molecule has 0 radical (unpaired) electrons. The summed E-state index contributed by atoms with van der Waals surface area (Å²) in [5.74, 6) is -0.960. The Hall–Kier alpha value is -0.940. The molecule has 0 aliphatic carbocycles. The summed E-state index contributed by atoms with van der Waals surface area (Å²) in [6.45, 7) is 0.863. The summed E-state index contributed by atoms with van der Waals surface area (Å²) in [6.07, 6.45) is 1.46. The zero-order chi connectivity index (χ0) is 16.1. The highest BCUT2D eigenvalue weighted by Crippen LogP contribution is 2.19. The van der Waals surface area contributed by atoms with Gasteiger partial charge in [-0.2, -0.15) is 0 Å². The van der Waals surface area contributed by atoms with Crippen LogP contribution in [0.4, 0.5) is 10.1 Å². The molecule has 3 N–H and O–H groups in total. The monoisotopic (exact) mass is 375 g/mol. The fraction of sp³-hybridized carbons (Fsp3) is 0.455. The maximum atomic E-state index is 13.7. The predicted octanol–water partition coefficient (Wildman–Crippen LogP) is 0.507. The molecular formula is C11H19ClFN3O4S2. The van der Waals surface area contributed by atoms with Gasteiger partial charge in [0.1, 0.15) is 5.82 Å². The van der Waals surface area contributed by atoms with Gasteiger partial charge in [0.25, 0.3) is 0 Å². The van der Waals surface area contributed by atoms with E-state index in [1.54, 1.807) is 7.05 Å². The van der Waals surface area contributed by atoms with Crippen LogP contribution < -0.4 is 14.8 Å². The average molecular weight is 376 g/mol. The van der Waals surface area contributed by atoms with Gasteiger partial charge in [0.15, 0.2) is 0 Å². The van der Waals surface area contributed by atoms with Crippen molar-refractivity contribution in [2.24, 2.45) is 0 Å². The van der Waals surface area contributed by atoms with Crippen LogP contribution in [0.3, 0.4) is 0 Å². The number of sulfonamides is 2. The number of anilines is 1. The van der Waals surface area contributed by atoms with E-state index in [1.807, 2.05) is 4.72 Å². The zero-order valence-corrected chi connectivity index (χ0v) is 14.5. The summed E-state index contributed by atoms with van der Waals surface area (Å²) in [7, 11) is -5.70. The first-order valence-corrected chi connectivity index (χ1v) is 9.45. The molecule has 0 aliphatic rings. The molecule has 0 amide bonds. The Labute approximate surface area is 136 Å². The van der Waals surface area contributed by atoms with E-state index >= 15 is 0 Å². The van der Waals surface area contributed by atoms with Gasteiger partial charge in [0.2, 0.25) is 20.0 Å². The molecule has 7 nitrogen and oxygen atoms in total. The lowest BCUT2D eigenvalue weighted by molar-refractivity contribution is 0.574. The molecule has 1 aromatic carbocycles. The van der Waals surface area contributed by atoms with E-state index in [0.29, 0.717) is 13.0 Å². The Morgan fingerprint density at radius 1 is 1.14 bits per heavy atom. The van der Waals surface area contributed by atoms with Crippen LogP contribution in [0.15, 0.2) is 23.1 Å². The van der Waals surface area contributed by atoms with E-state index < -0.39 is 25.9 Å². The molecule has 0 saturated heterocycles. The topological polar surface area (TPSA) is 104 Å². The number of hydrogen-bond acceptors (Lipinski definition) is 5. The van der Waals surface area contributed by atoms with E-state index in [0.717, 1.165) is 24.5 Å². The van der Waals surface area contributed by atoms with Gasteiger partial charge in [-0.25, -0.2) is 25.9 Å². The molecule has 0 aliphatic heterocycles. The number of hydrogen-bond donors (Lipinski definition) is 3. The Kier molecular flexibility index (Phi) is 8.26. The van der Waals surface area contributed by atoms with Crippen LogP contribution >= 0.6 is 12.4 Å². The van der Waals surface area contributed by atoms with Crippen molar-refractivity contribution in [3.8, 4) is 0 Å². The van der Waals surface area contributed by atoms with Crippen LogP contribution in [0.2, 0.25) is 0 Å². The normalized spacial score (nSPS) is 11.8. The molecule has 0 atom stereocenters. The molecule has 0 spiro atoms. The molecule has 128 valence electrons. The first-order valence-electron chi connectivity index (χ1n) is 6.07. The van der Waals surface area contributed by atoms with Crippen molar-refractivity contribution in [1.29, 1.82) is 0 Å². The average Bonchev–Trinajstić information content (AvgIpc) is 2.35. The van der Waals surface area contributed by atoms with Gasteiger partial charge in [-0.05, 0) is 38.2 Å². The van der Waals surface area contributed by atoms with Crippen molar-refractivity contribution in [2.45, 2.75) is 11.3 Å². The van der Waals surface area contributed by atoms with Crippen molar-refractivity contribution < 1.29 is 21.2 Å². The SMILES string of the molecule is CNCCCNS(=O)(=O)c1ccc(NS(C)(=O)=O)c(F)c1.Cl. The van der Waals surface area contributed by atoms with Crippen molar-refractivity contribution in [2.75, 3.05) is 31.1 Å². The Balaban J connectivity index is 0.00000441. The molecule has 0 aromatic heterocycles. The second kappa shape index (κ2) is 8.63. The highest BCUT2D eigenvalue weighted by Gasteiger charge is 2.16. The second-order valence-corrected chi connectivity index (χ2v) is 7.89. The summed E-state index contributed by atoms with van der Waals surface area (Å²) in [4.78, 5) is -0.261. The molecule has 0 heterocycles. The number of nitrogens with one attached hydrogen (secondary N) is 3. The molecule has 0 bridgehead atoms. The lowest BCUT2D eigenvalue weighted by Gasteiger charge is -2.09. The summed E-state index contributed by atoms with van der Waals surface area (Å²) < 4.78 is 63.9. The van der Waals surface area contributed by atoms with Crippen molar-refractivity contribution >= 4 is 38.1 Å². The Morgan fingerprint density at radius 3 is 2.27 bits per heavy atom. The molecule has 0 unspecified atom stereocenters. The molecule has 11 heteroatoms. The van der Waals surface area contributed by atoms with Gasteiger partial charge in [-0.3, -0.25) is 4.72 Å². The van der Waals surface area contributed by atoms with Gasteiger partial charge in [0, 0.05) is 6.54 Å². The molecule has 1 rings (SSSR count). The Bertz CT molecular complexity index is 695. The highest BCUT2D eigenvalue weighted by atomic mass is 35.5. The van der Waals surface area contributed by atoms with E-state index in [2.05, 4.69) is 10.0 Å². The van der Waals surface area contributed by atoms with E-state index in [9.17, 15) is 21.2 Å². The van der Waals surface area contributed by atoms with Gasteiger partial charge >= 0.3 is 0 Å². The van der Waals surface area contributed by atoms with Crippen LogP contribution in [0.25, 0.3) is 0 Å². The van der Waals surface area contributed by atoms with Gasteiger partial charge in [-0.15, -0.1) is 12.4 Å². The number of rotatable bonds is 8. The second-order valence-electron chi connectivity index (χ2n) is 4.37. The first-order chi connectivity index (χ1) is 9.65. The van der Waals surface area contributed by atoms with Crippen molar-refractivity contribution in [1.82, 2.24) is 10.0 Å². The largest absolute Gasteiger partial charge is 0.320 e. The lowest BCUT2D eigenvalue weighted by atomic mass is 10.3. The van der Waals surface area contributed by atoms with Crippen LogP contribution in [-0.4, -0.2) is 43.2 Å². The van der Waals surface area contributed by atoms with Crippen molar-refractivity contribution in [3.05, 3.63) is 24.0 Å². The molecule has 0 saturated carbocycles. The van der Waals surface area contributed by atoms with E-state index in [-0.39, 0.29) is 29.5 Å². The molecule has 22 heavy (non-hydrogen) atoms. The fourth-order valence-corrected chi connectivity index (χ4v) is 3.15. The zero-order valence-electron chi connectivity index (χ0n) is 12.1. The Morgan fingerprint density at radius 2 is 1.77 bits per heavy atom. The van der Waals surface area contributed by atoms with Crippen LogP contribution in [0, 0.1) is 5.82 Å². The van der Waals surface area contributed by atoms with Gasteiger partial charge < -0.3 is 5.32 Å². The summed E-state index contributed by atoms with van der Waals surface area (Å²) in [6, 6.07) is 2.98. The highest BCUT2D eigenvalue weighted by molar-refractivity contribution is 7.92. The summed E-state index contributed by atoms with van der Waals surface area (Å²) in [5.41, 5.74) is -0.299. The number of halogens is 2. The maximum Gasteiger partial charge on any atom is 0.240 e. The lowest BCUT2D eigenvalue weighted by Crippen LogP contribution is -2.27. The van der Waals surface area contributed by atoms with Gasteiger partial charge in [-0.1, -0.05) is 0 Å². The van der Waals surface area contributed by atoms with Crippen LogP contribution in [-0.2, 0) is 20.0 Å². The maximum absolute atomic E-state index is 13.7. The molecule has 1 aromatic rings. The van der Waals surface area contributed by atoms with Crippen molar-refractivity contribution in [3.63, 3.8) is 0 Å². The molecular weight excluding hydrogens is 357 g/mol. The van der Waals surface area contributed by atoms with Gasteiger partial charge in [0.05, 0.1) is 16.8 Å². The third-order valence-electron chi connectivity index (χ3n) is 2.44. The molecule has 0 fully saturated rings. The van der Waals surface area contributed by atoms with E-state index in [1.165, 1.54) is 0 Å². The third kappa shape index (κ3) is 6.88. The third-order valence-corrected chi connectivity index (χ3v) is 4.49. The predicted molar refractivity (Wildman–Crippen MR) is 85.8 cm³/mol. The number of benzene rings is 1.